The zero-order chi connectivity index (χ0) is 11.5. The first-order valence-corrected chi connectivity index (χ1v) is 5.60. The third kappa shape index (κ3) is 2.09. The van der Waals surface area contributed by atoms with Crippen LogP contribution in [0.4, 0.5) is 0 Å². The van der Waals surface area contributed by atoms with E-state index < -0.39 is 0 Å². The van der Waals surface area contributed by atoms with Gasteiger partial charge in [0.25, 0.3) is 0 Å². The van der Waals surface area contributed by atoms with Gasteiger partial charge in [-0.1, -0.05) is 29.8 Å². The molecular formula is C14H16N2. The van der Waals surface area contributed by atoms with E-state index in [1.165, 1.54) is 11.1 Å². The van der Waals surface area contributed by atoms with Crippen molar-refractivity contribution in [2.45, 2.75) is 25.8 Å². The third-order valence-corrected chi connectivity index (χ3v) is 3.14. The summed E-state index contributed by atoms with van der Waals surface area (Å²) in [5.74, 6) is 0. The molecule has 0 aliphatic carbocycles. The zero-order valence-electron chi connectivity index (χ0n) is 9.77. The van der Waals surface area contributed by atoms with Gasteiger partial charge in [0.1, 0.15) is 0 Å². The SMILES string of the molecule is Cc1ccc([C@H]2CCC(C#N)=CN2C)cc1. The number of benzene rings is 1. The summed E-state index contributed by atoms with van der Waals surface area (Å²) in [6.45, 7) is 2.10. The van der Waals surface area contributed by atoms with Crippen LogP contribution in [0.25, 0.3) is 0 Å². The molecule has 1 aliphatic rings. The minimum atomic E-state index is 0.415. The summed E-state index contributed by atoms with van der Waals surface area (Å²) in [7, 11) is 2.04. The fraction of sp³-hybridized carbons (Fsp3) is 0.357. The van der Waals surface area contributed by atoms with Crippen molar-refractivity contribution in [3.8, 4) is 6.07 Å². The largest absolute Gasteiger partial charge is 0.373 e. The highest BCUT2D eigenvalue weighted by atomic mass is 15.1. The molecule has 1 aromatic rings. The summed E-state index contributed by atoms with van der Waals surface area (Å²) in [5.41, 5.74) is 3.50. The maximum atomic E-state index is 8.86. The van der Waals surface area contributed by atoms with Crippen LogP contribution in [0.15, 0.2) is 36.0 Å². The number of nitriles is 1. The molecule has 2 heteroatoms. The van der Waals surface area contributed by atoms with Gasteiger partial charge >= 0.3 is 0 Å². The van der Waals surface area contributed by atoms with E-state index in [4.69, 9.17) is 5.26 Å². The standard InChI is InChI=1S/C14H16N2/c1-11-3-6-13(7-4-11)14-8-5-12(9-15)10-16(14)2/h3-4,6-7,10,14H,5,8H2,1-2H3/t14-/m1/s1. The second-order valence-electron chi connectivity index (χ2n) is 4.40. The Bertz CT molecular complexity index is 437. The molecular weight excluding hydrogens is 196 g/mol. The number of hydrogen-bond acceptors (Lipinski definition) is 2. The quantitative estimate of drug-likeness (QED) is 0.715. The van der Waals surface area contributed by atoms with Crippen LogP contribution in [0.3, 0.4) is 0 Å². The first-order chi connectivity index (χ1) is 7.70. The van der Waals surface area contributed by atoms with Gasteiger partial charge in [-0.25, -0.2) is 0 Å². The molecule has 1 aliphatic heterocycles. The lowest BCUT2D eigenvalue weighted by Gasteiger charge is -2.31. The topological polar surface area (TPSA) is 27.0 Å². The molecule has 1 aromatic carbocycles. The molecule has 16 heavy (non-hydrogen) atoms. The van der Waals surface area contributed by atoms with Crippen LogP contribution >= 0.6 is 0 Å². The Morgan fingerprint density at radius 2 is 2.00 bits per heavy atom. The zero-order valence-corrected chi connectivity index (χ0v) is 9.77. The first kappa shape index (κ1) is 10.8. The molecule has 0 unspecified atom stereocenters. The number of allylic oxidation sites excluding steroid dienone is 1. The molecule has 0 N–H and O–H groups in total. The molecule has 0 saturated heterocycles. The predicted octanol–water partition coefficient (Wildman–Crippen LogP) is 3.17. The molecule has 2 nitrogen and oxygen atoms in total. The molecule has 0 radical (unpaired) electrons. The van der Waals surface area contributed by atoms with Crippen LogP contribution in [0, 0.1) is 18.3 Å². The Hall–Kier alpha value is -1.75. The van der Waals surface area contributed by atoms with Crippen LogP contribution in [-0.4, -0.2) is 11.9 Å². The van der Waals surface area contributed by atoms with Crippen LogP contribution in [0.2, 0.25) is 0 Å². The summed E-state index contributed by atoms with van der Waals surface area (Å²) >= 11 is 0. The minimum absolute atomic E-state index is 0.415. The predicted molar refractivity (Wildman–Crippen MR) is 64.6 cm³/mol. The van der Waals surface area contributed by atoms with Gasteiger partial charge in [0.05, 0.1) is 12.1 Å². The van der Waals surface area contributed by atoms with E-state index in [0.29, 0.717) is 6.04 Å². The van der Waals surface area contributed by atoms with Crippen LogP contribution < -0.4 is 0 Å². The fourth-order valence-electron chi connectivity index (χ4n) is 2.17. The van der Waals surface area contributed by atoms with Gasteiger partial charge in [-0.15, -0.1) is 0 Å². The molecule has 0 fully saturated rings. The van der Waals surface area contributed by atoms with E-state index in [-0.39, 0.29) is 0 Å². The second kappa shape index (κ2) is 4.40. The Balaban J connectivity index is 2.21. The third-order valence-electron chi connectivity index (χ3n) is 3.14. The average Bonchev–Trinajstić information content (AvgIpc) is 2.30. The van der Waals surface area contributed by atoms with E-state index in [1.807, 2.05) is 13.2 Å². The first-order valence-electron chi connectivity index (χ1n) is 5.60. The number of rotatable bonds is 1. The molecule has 82 valence electrons. The Morgan fingerprint density at radius 1 is 1.31 bits per heavy atom. The van der Waals surface area contributed by atoms with Crippen LogP contribution in [0.1, 0.15) is 30.0 Å². The van der Waals surface area contributed by atoms with Crippen LogP contribution in [-0.2, 0) is 0 Å². The molecule has 1 atom stereocenters. The molecule has 0 amide bonds. The lowest BCUT2D eigenvalue weighted by atomic mass is 9.95. The molecule has 0 saturated carbocycles. The van der Waals surface area contributed by atoms with E-state index in [2.05, 4.69) is 42.2 Å². The fourth-order valence-corrected chi connectivity index (χ4v) is 2.17. The monoisotopic (exact) mass is 212 g/mol. The summed E-state index contributed by atoms with van der Waals surface area (Å²) in [4.78, 5) is 2.15. The summed E-state index contributed by atoms with van der Waals surface area (Å²) in [6, 6.07) is 11.3. The normalized spacial score (nSPS) is 20.2. The van der Waals surface area contributed by atoms with E-state index in [9.17, 15) is 0 Å². The second-order valence-corrected chi connectivity index (χ2v) is 4.40. The maximum absolute atomic E-state index is 8.86. The van der Waals surface area contributed by atoms with Gasteiger partial charge in [-0.05, 0) is 25.3 Å². The van der Waals surface area contributed by atoms with Gasteiger partial charge < -0.3 is 4.90 Å². The van der Waals surface area contributed by atoms with Gasteiger partial charge in [0.2, 0.25) is 0 Å². The summed E-state index contributed by atoms with van der Waals surface area (Å²) in [5, 5.41) is 8.86. The van der Waals surface area contributed by atoms with Gasteiger partial charge in [-0.2, -0.15) is 5.26 Å². The Kier molecular flexibility index (Phi) is 2.96. The number of hydrogen-bond donors (Lipinski definition) is 0. The van der Waals surface area contributed by atoms with Crippen molar-refractivity contribution in [2.75, 3.05) is 7.05 Å². The van der Waals surface area contributed by atoms with Gasteiger partial charge in [-0.3, -0.25) is 0 Å². The molecule has 2 rings (SSSR count). The van der Waals surface area contributed by atoms with Crippen molar-refractivity contribution in [2.24, 2.45) is 0 Å². The minimum Gasteiger partial charge on any atom is -0.373 e. The smallest absolute Gasteiger partial charge is 0.0962 e. The molecule has 0 spiro atoms. The van der Waals surface area contributed by atoms with Crippen molar-refractivity contribution in [1.82, 2.24) is 4.90 Å². The lowest BCUT2D eigenvalue weighted by Crippen LogP contribution is -2.23. The van der Waals surface area contributed by atoms with Crippen molar-refractivity contribution in [1.29, 1.82) is 5.26 Å². The highest BCUT2D eigenvalue weighted by molar-refractivity contribution is 5.29. The molecule has 0 bridgehead atoms. The maximum Gasteiger partial charge on any atom is 0.0962 e. The van der Waals surface area contributed by atoms with Gasteiger partial charge in [0, 0.05) is 18.8 Å². The molecule has 1 heterocycles. The Morgan fingerprint density at radius 3 is 2.56 bits per heavy atom. The van der Waals surface area contributed by atoms with E-state index >= 15 is 0 Å². The summed E-state index contributed by atoms with van der Waals surface area (Å²) in [6.07, 6.45) is 3.88. The summed E-state index contributed by atoms with van der Waals surface area (Å²) < 4.78 is 0. The number of aryl methyl sites for hydroxylation is 1. The van der Waals surface area contributed by atoms with E-state index in [0.717, 1.165) is 18.4 Å². The van der Waals surface area contributed by atoms with Crippen molar-refractivity contribution in [3.63, 3.8) is 0 Å². The van der Waals surface area contributed by atoms with Crippen LogP contribution in [0.5, 0.6) is 0 Å². The lowest BCUT2D eigenvalue weighted by molar-refractivity contribution is 0.300. The highest BCUT2D eigenvalue weighted by Gasteiger charge is 2.19. The van der Waals surface area contributed by atoms with Crippen molar-refractivity contribution >= 4 is 0 Å². The van der Waals surface area contributed by atoms with E-state index in [1.54, 1.807) is 0 Å². The molecule has 0 aromatic heterocycles. The number of nitrogens with zero attached hydrogens (tertiary/aromatic N) is 2. The Labute approximate surface area is 96.8 Å². The van der Waals surface area contributed by atoms with Crippen molar-refractivity contribution < 1.29 is 0 Å². The van der Waals surface area contributed by atoms with Crippen molar-refractivity contribution in [3.05, 3.63) is 47.2 Å². The van der Waals surface area contributed by atoms with Gasteiger partial charge in [0.15, 0.2) is 0 Å². The average molecular weight is 212 g/mol. The highest BCUT2D eigenvalue weighted by Crippen LogP contribution is 2.31.